The molecule has 10 heteroatoms. The lowest BCUT2D eigenvalue weighted by Crippen LogP contribution is -2.38. The number of nitrogens with zero attached hydrogens (tertiary/aromatic N) is 1. The van der Waals surface area contributed by atoms with Crippen LogP contribution in [0.15, 0.2) is 83.9 Å². The van der Waals surface area contributed by atoms with E-state index in [2.05, 4.69) is 40.8 Å². The van der Waals surface area contributed by atoms with Crippen molar-refractivity contribution in [2.75, 3.05) is 27.4 Å². The molecule has 0 spiro atoms. The Morgan fingerprint density at radius 3 is 2.43 bits per heavy atom. The molecule has 2 aliphatic heterocycles. The first-order valence-corrected chi connectivity index (χ1v) is 16.2. The second kappa shape index (κ2) is 13.7. The largest absolute Gasteiger partial charge is 0.504 e. The van der Waals surface area contributed by atoms with Gasteiger partial charge in [-0.05, 0) is 94.0 Å². The zero-order valence-electron chi connectivity index (χ0n) is 25.5. The molecule has 1 N–H and O–H groups in total. The number of benzene rings is 3. The Bertz CT molecular complexity index is 1700. The molecular weight excluding hydrogens is 701 g/mol. The van der Waals surface area contributed by atoms with Gasteiger partial charge in [0.05, 0.1) is 42.3 Å². The van der Waals surface area contributed by atoms with Crippen LogP contribution in [0.5, 0.6) is 17.2 Å². The van der Waals surface area contributed by atoms with E-state index in [-0.39, 0.29) is 31.0 Å². The average Bonchev–Trinajstić information content (AvgIpc) is 3.61. The van der Waals surface area contributed by atoms with Crippen molar-refractivity contribution in [2.24, 2.45) is 17.8 Å². The molecule has 3 aromatic rings. The van der Waals surface area contributed by atoms with Gasteiger partial charge in [0, 0.05) is 5.92 Å². The predicted octanol–water partition coefficient (Wildman–Crippen LogP) is 6.49. The first-order valence-electron chi connectivity index (χ1n) is 15.1. The highest BCUT2D eigenvalue weighted by atomic mass is 127. The van der Waals surface area contributed by atoms with Crippen molar-refractivity contribution >= 4 is 52.1 Å². The van der Waals surface area contributed by atoms with Crippen LogP contribution in [0.2, 0.25) is 0 Å². The van der Waals surface area contributed by atoms with Gasteiger partial charge in [-0.2, -0.15) is 4.90 Å². The third-order valence-corrected chi connectivity index (χ3v) is 9.78. The molecule has 9 nitrogen and oxygen atoms in total. The lowest BCUT2D eigenvalue weighted by atomic mass is 9.69. The number of phenolic OH excluding ortho intramolecular Hbond substituents is 1. The molecule has 0 saturated carbocycles. The molecule has 238 valence electrons. The molecule has 0 bridgehead atoms. The number of halogens is 1. The Kier molecular flexibility index (Phi) is 9.46. The van der Waals surface area contributed by atoms with Gasteiger partial charge in [0.2, 0.25) is 11.8 Å². The molecule has 6 rings (SSSR count). The van der Waals surface area contributed by atoms with Crippen LogP contribution in [0.4, 0.5) is 4.79 Å². The molecule has 3 aromatic carbocycles. The zero-order chi connectivity index (χ0) is 32.4. The summed E-state index contributed by atoms with van der Waals surface area (Å²) in [6, 6.07) is 23.2. The number of rotatable bonds is 9. The number of amides is 3. The molecule has 4 atom stereocenters. The fourth-order valence-electron chi connectivity index (χ4n) is 6.84. The van der Waals surface area contributed by atoms with Crippen LogP contribution in [0.1, 0.15) is 30.4 Å². The van der Waals surface area contributed by atoms with Crippen molar-refractivity contribution in [1.82, 2.24) is 4.90 Å². The van der Waals surface area contributed by atoms with Crippen LogP contribution < -0.4 is 9.47 Å². The summed E-state index contributed by atoms with van der Waals surface area (Å²) in [5.74, 6) is -1.59. The van der Waals surface area contributed by atoms with Crippen LogP contribution in [0.3, 0.4) is 0 Å². The van der Waals surface area contributed by atoms with Gasteiger partial charge in [-0.25, -0.2) is 4.79 Å². The fourth-order valence-corrected chi connectivity index (χ4v) is 7.46. The number of methoxy groups -OCH3 is 2. The molecule has 0 radical (unpaired) electrons. The summed E-state index contributed by atoms with van der Waals surface area (Å²) in [5.41, 5.74) is 4.91. The third kappa shape index (κ3) is 6.15. The lowest BCUT2D eigenvalue weighted by Gasteiger charge is -2.31. The third-order valence-electron chi connectivity index (χ3n) is 8.95. The van der Waals surface area contributed by atoms with Crippen LogP contribution in [-0.2, 0) is 19.1 Å². The summed E-state index contributed by atoms with van der Waals surface area (Å²) in [6.07, 6.45) is 2.39. The minimum Gasteiger partial charge on any atom is -0.504 e. The van der Waals surface area contributed by atoms with Gasteiger partial charge in [-0.3, -0.25) is 9.59 Å². The van der Waals surface area contributed by atoms with Crippen LogP contribution in [-0.4, -0.2) is 61.5 Å². The summed E-state index contributed by atoms with van der Waals surface area (Å²) in [6.45, 7) is 0.507. The number of likely N-dealkylation sites (tertiary alicyclic amines) is 1. The van der Waals surface area contributed by atoms with Gasteiger partial charge in [-0.1, -0.05) is 54.6 Å². The van der Waals surface area contributed by atoms with Gasteiger partial charge >= 0.3 is 6.09 Å². The van der Waals surface area contributed by atoms with E-state index < -0.39 is 29.7 Å². The van der Waals surface area contributed by atoms with Crippen molar-refractivity contribution in [1.29, 1.82) is 0 Å². The van der Waals surface area contributed by atoms with E-state index >= 15 is 0 Å². The Balaban J connectivity index is 1.32. The number of fused-ring (bicyclic) bond motifs is 3. The highest BCUT2D eigenvalue weighted by molar-refractivity contribution is 14.1. The second-order valence-electron chi connectivity index (χ2n) is 11.5. The number of phenols is 1. The fraction of sp³-hybridized carbons (Fsp3) is 0.306. The Labute approximate surface area is 280 Å². The zero-order valence-corrected chi connectivity index (χ0v) is 27.6. The van der Waals surface area contributed by atoms with Crippen molar-refractivity contribution < 1.29 is 38.4 Å². The molecule has 1 aliphatic carbocycles. The van der Waals surface area contributed by atoms with E-state index in [9.17, 15) is 19.5 Å². The monoisotopic (exact) mass is 735 g/mol. The maximum Gasteiger partial charge on any atom is 0.423 e. The minimum absolute atomic E-state index is 0.102. The van der Waals surface area contributed by atoms with E-state index in [1.165, 1.54) is 7.11 Å². The molecule has 2 saturated heterocycles. The van der Waals surface area contributed by atoms with Gasteiger partial charge < -0.3 is 24.1 Å². The SMILES string of the molecule is COC(=O)N1C(=O)[C@@H]2[C@@H](CC(COc3ccccc3)=C3[C@@H](CC/C(=C/c4cc(I)c(O)c(OC)c4)c4ccccc4)OC[C@@H]32)C1=O. The summed E-state index contributed by atoms with van der Waals surface area (Å²) in [5, 5.41) is 10.4. The molecule has 0 aromatic heterocycles. The van der Waals surface area contributed by atoms with E-state index in [1.54, 1.807) is 6.07 Å². The molecule has 2 heterocycles. The average molecular weight is 736 g/mol. The van der Waals surface area contributed by atoms with E-state index in [0.29, 0.717) is 39.2 Å². The number of hydrogen-bond donors (Lipinski definition) is 1. The topological polar surface area (TPSA) is 112 Å². The number of carbonyl (C=O) groups excluding carboxylic acids is 3. The maximum absolute atomic E-state index is 13.5. The summed E-state index contributed by atoms with van der Waals surface area (Å²) < 4.78 is 23.4. The van der Waals surface area contributed by atoms with Crippen molar-refractivity contribution in [3.05, 3.63) is 98.6 Å². The number of imide groups is 3. The van der Waals surface area contributed by atoms with Gasteiger partial charge in [0.25, 0.3) is 0 Å². The van der Waals surface area contributed by atoms with Crippen LogP contribution in [0, 0.1) is 21.3 Å². The summed E-state index contributed by atoms with van der Waals surface area (Å²) >= 11 is 2.09. The molecule has 0 unspecified atom stereocenters. The van der Waals surface area contributed by atoms with Gasteiger partial charge in [0.15, 0.2) is 11.5 Å². The van der Waals surface area contributed by atoms with Crippen molar-refractivity contribution in [3.8, 4) is 17.2 Å². The summed E-state index contributed by atoms with van der Waals surface area (Å²) in [7, 11) is 2.69. The quantitative estimate of drug-likeness (QED) is 0.115. The molecule has 3 aliphatic rings. The summed E-state index contributed by atoms with van der Waals surface area (Å²) in [4.78, 5) is 39.9. The number of carbonyl (C=O) groups is 3. The van der Waals surface area contributed by atoms with Gasteiger partial charge in [0.1, 0.15) is 12.4 Å². The smallest absolute Gasteiger partial charge is 0.423 e. The maximum atomic E-state index is 13.5. The van der Waals surface area contributed by atoms with Crippen LogP contribution >= 0.6 is 22.6 Å². The minimum atomic E-state index is -0.957. The first-order chi connectivity index (χ1) is 22.3. The van der Waals surface area contributed by atoms with Crippen LogP contribution in [0.25, 0.3) is 11.6 Å². The Morgan fingerprint density at radius 2 is 1.74 bits per heavy atom. The first kappa shape index (κ1) is 31.8. The number of para-hydroxylation sites is 1. The number of allylic oxidation sites excluding steroid dienone is 1. The predicted molar refractivity (Wildman–Crippen MR) is 179 cm³/mol. The standard InChI is InChI=1S/C36H34INO8/c1-43-30-17-21(16-28(37)33(30)39)15-23(22-9-5-3-6-10-22)13-14-29-31-24(19-45-25-11-7-4-8-12-25)18-26-32(27(31)20-46-29)35(41)38(34(26)40)36(42)44-2/h3-12,15-17,26-27,29,32,39H,13-14,18-20H2,1-2H3/b23-15-/t26-,27+,29-,32-/m1/s1. The normalized spacial score (nSPS) is 22.5. The number of aromatic hydroxyl groups is 1. The van der Waals surface area contributed by atoms with Crippen molar-refractivity contribution in [3.63, 3.8) is 0 Å². The second-order valence-corrected chi connectivity index (χ2v) is 12.7. The van der Waals surface area contributed by atoms with E-state index in [0.717, 1.165) is 35.0 Å². The molecule has 46 heavy (non-hydrogen) atoms. The Hall–Kier alpha value is -4.16. The molecule has 2 fully saturated rings. The van der Waals surface area contributed by atoms with Crippen molar-refractivity contribution in [2.45, 2.75) is 25.4 Å². The highest BCUT2D eigenvalue weighted by Gasteiger charge is 2.59. The van der Waals surface area contributed by atoms with Gasteiger partial charge in [-0.15, -0.1) is 0 Å². The van der Waals surface area contributed by atoms with E-state index in [4.69, 9.17) is 18.9 Å². The lowest BCUT2D eigenvalue weighted by molar-refractivity contribution is -0.137. The van der Waals surface area contributed by atoms with E-state index in [1.807, 2.05) is 54.6 Å². The number of hydrogen-bond acceptors (Lipinski definition) is 8. The molecular formula is C36H34INO8. The molecule has 3 amide bonds. The Morgan fingerprint density at radius 1 is 1.02 bits per heavy atom. The highest BCUT2D eigenvalue weighted by Crippen LogP contribution is 2.50. The number of ether oxygens (including phenoxy) is 4.